The van der Waals surface area contributed by atoms with Crippen LogP contribution in [-0.4, -0.2) is 25.8 Å². The Bertz CT molecular complexity index is 132. The quantitative estimate of drug-likeness (QED) is 0.594. The van der Waals surface area contributed by atoms with Crippen molar-refractivity contribution in [3.8, 4) is 0 Å². The topological polar surface area (TPSA) is 21.3 Å². The minimum atomic E-state index is 0.505. The maximum absolute atomic E-state index is 5.55. The molecule has 1 saturated heterocycles. The molecule has 1 rings (SSSR count). The molecule has 0 aromatic rings. The summed E-state index contributed by atoms with van der Waals surface area (Å²) in [4.78, 5) is 0. The summed E-state index contributed by atoms with van der Waals surface area (Å²) in [5, 5.41) is 3.49. The zero-order valence-electron chi connectivity index (χ0n) is 10.3. The van der Waals surface area contributed by atoms with E-state index >= 15 is 0 Å². The van der Waals surface area contributed by atoms with Crippen LogP contribution in [-0.2, 0) is 4.74 Å². The highest BCUT2D eigenvalue weighted by atomic mass is 16.5. The molecule has 0 radical (unpaired) electrons. The van der Waals surface area contributed by atoms with Crippen molar-refractivity contribution < 1.29 is 4.74 Å². The highest BCUT2D eigenvalue weighted by Gasteiger charge is 2.13. The molecule has 0 spiro atoms. The van der Waals surface area contributed by atoms with Crippen LogP contribution < -0.4 is 5.32 Å². The van der Waals surface area contributed by atoms with Crippen LogP contribution in [0.1, 0.15) is 58.3 Å². The van der Waals surface area contributed by atoms with Gasteiger partial charge in [0.2, 0.25) is 0 Å². The molecule has 2 nitrogen and oxygen atoms in total. The molecule has 0 amide bonds. The summed E-state index contributed by atoms with van der Waals surface area (Å²) in [5.74, 6) is 0. The van der Waals surface area contributed by atoms with Crippen LogP contribution in [0.5, 0.6) is 0 Å². The van der Waals surface area contributed by atoms with E-state index < -0.39 is 0 Å². The van der Waals surface area contributed by atoms with E-state index in [0.717, 1.165) is 13.2 Å². The van der Waals surface area contributed by atoms with Crippen molar-refractivity contribution in [2.45, 2.75) is 64.4 Å². The molecule has 0 bridgehead atoms. The van der Waals surface area contributed by atoms with Gasteiger partial charge < -0.3 is 10.1 Å². The smallest absolute Gasteiger partial charge is 0.0700 e. The van der Waals surface area contributed by atoms with Gasteiger partial charge in [-0.3, -0.25) is 0 Å². The first-order valence-corrected chi connectivity index (χ1v) is 6.76. The lowest BCUT2D eigenvalue weighted by Crippen LogP contribution is -2.26. The predicted molar refractivity (Wildman–Crippen MR) is 65.2 cm³/mol. The summed E-state index contributed by atoms with van der Waals surface area (Å²) >= 11 is 0. The fraction of sp³-hybridized carbons (Fsp3) is 1.00. The molecular formula is C13H27NO. The molecule has 1 N–H and O–H groups in total. The minimum absolute atomic E-state index is 0.505. The Balaban J connectivity index is 1.73. The largest absolute Gasteiger partial charge is 0.377 e. The first-order valence-electron chi connectivity index (χ1n) is 6.76. The highest BCUT2D eigenvalue weighted by Crippen LogP contribution is 2.10. The van der Waals surface area contributed by atoms with Gasteiger partial charge in [0.05, 0.1) is 6.10 Å². The average molecular weight is 213 g/mol. The fourth-order valence-corrected chi connectivity index (χ4v) is 2.10. The Morgan fingerprint density at radius 3 is 2.67 bits per heavy atom. The fourth-order valence-electron chi connectivity index (χ4n) is 2.10. The van der Waals surface area contributed by atoms with E-state index in [9.17, 15) is 0 Å². The predicted octanol–water partition coefficient (Wildman–Crippen LogP) is 3.12. The van der Waals surface area contributed by atoms with Gasteiger partial charge in [-0.05, 0) is 25.8 Å². The lowest BCUT2D eigenvalue weighted by atomic mass is 10.1. The molecule has 0 saturated carbocycles. The van der Waals surface area contributed by atoms with Crippen molar-refractivity contribution in [2.24, 2.45) is 0 Å². The lowest BCUT2D eigenvalue weighted by molar-refractivity contribution is 0.110. The minimum Gasteiger partial charge on any atom is -0.377 e. The molecule has 1 heterocycles. The maximum atomic E-state index is 5.55. The number of unbranched alkanes of at least 4 members (excludes halogenated alkanes) is 5. The molecule has 1 aliphatic heterocycles. The molecule has 0 aromatic carbocycles. The van der Waals surface area contributed by atoms with E-state index in [2.05, 4.69) is 12.2 Å². The van der Waals surface area contributed by atoms with Gasteiger partial charge in [0.1, 0.15) is 0 Å². The van der Waals surface area contributed by atoms with E-state index in [0.29, 0.717) is 6.10 Å². The summed E-state index contributed by atoms with van der Waals surface area (Å²) in [7, 11) is 0. The standard InChI is InChI=1S/C13H27NO/c1-2-3-4-5-6-7-10-14-12-13-9-8-11-15-13/h13-14H,2-12H2,1H3. The van der Waals surface area contributed by atoms with Crippen molar-refractivity contribution >= 4 is 0 Å². The van der Waals surface area contributed by atoms with Gasteiger partial charge in [0.15, 0.2) is 0 Å². The van der Waals surface area contributed by atoms with E-state index in [1.807, 2.05) is 0 Å². The second-order valence-corrected chi connectivity index (χ2v) is 4.61. The summed E-state index contributed by atoms with van der Waals surface area (Å²) in [5.41, 5.74) is 0. The van der Waals surface area contributed by atoms with Crippen molar-refractivity contribution in [1.82, 2.24) is 5.32 Å². The summed E-state index contributed by atoms with van der Waals surface area (Å²) < 4.78 is 5.55. The summed E-state index contributed by atoms with van der Waals surface area (Å²) in [6, 6.07) is 0. The van der Waals surface area contributed by atoms with E-state index in [1.165, 1.54) is 57.9 Å². The third kappa shape index (κ3) is 6.91. The van der Waals surface area contributed by atoms with Gasteiger partial charge in [0, 0.05) is 13.2 Å². The van der Waals surface area contributed by atoms with Gasteiger partial charge >= 0.3 is 0 Å². The average Bonchev–Trinajstić information content (AvgIpc) is 2.75. The molecule has 1 unspecified atom stereocenters. The van der Waals surface area contributed by atoms with Crippen molar-refractivity contribution in [3.05, 3.63) is 0 Å². The molecule has 90 valence electrons. The van der Waals surface area contributed by atoms with E-state index in [1.54, 1.807) is 0 Å². The molecule has 15 heavy (non-hydrogen) atoms. The summed E-state index contributed by atoms with van der Waals surface area (Å²) in [6.45, 7) is 5.48. The lowest BCUT2D eigenvalue weighted by Gasteiger charge is -2.10. The van der Waals surface area contributed by atoms with Gasteiger partial charge in [-0.15, -0.1) is 0 Å². The van der Waals surface area contributed by atoms with Crippen LogP contribution >= 0.6 is 0 Å². The van der Waals surface area contributed by atoms with Gasteiger partial charge in [-0.2, -0.15) is 0 Å². The Kier molecular flexibility index (Phi) is 7.94. The maximum Gasteiger partial charge on any atom is 0.0700 e. The van der Waals surface area contributed by atoms with E-state index in [4.69, 9.17) is 4.74 Å². The second kappa shape index (κ2) is 9.17. The Hall–Kier alpha value is -0.0800. The zero-order chi connectivity index (χ0) is 10.8. The second-order valence-electron chi connectivity index (χ2n) is 4.61. The molecule has 0 aliphatic carbocycles. The normalized spacial score (nSPS) is 21.0. The van der Waals surface area contributed by atoms with Gasteiger partial charge in [-0.1, -0.05) is 39.0 Å². The van der Waals surface area contributed by atoms with E-state index in [-0.39, 0.29) is 0 Å². The molecule has 1 aliphatic rings. The Labute approximate surface area is 94.8 Å². The Morgan fingerprint density at radius 2 is 1.93 bits per heavy atom. The molecule has 2 heteroatoms. The first-order chi connectivity index (χ1) is 7.43. The number of nitrogens with one attached hydrogen (secondary N) is 1. The number of ether oxygens (including phenoxy) is 1. The number of rotatable bonds is 9. The van der Waals surface area contributed by atoms with Crippen molar-refractivity contribution in [3.63, 3.8) is 0 Å². The van der Waals surface area contributed by atoms with Crippen LogP contribution in [0.3, 0.4) is 0 Å². The van der Waals surface area contributed by atoms with Crippen LogP contribution in [0.2, 0.25) is 0 Å². The third-order valence-corrected chi connectivity index (χ3v) is 3.10. The van der Waals surface area contributed by atoms with Crippen molar-refractivity contribution in [2.75, 3.05) is 19.7 Å². The summed E-state index contributed by atoms with van der Waals surface area (Å²) in [6.07, 6.45) is 11.3. The van der Waals surface area contributed by atoms with Gasteiger partial charge in [-0.25, -0.2) is 0 Å². The van der Waals surface area contributed by atoms with Crippen LogP contribution in [0, 0.1) is 0 Å². The molecule has 0 aromatic heterocycles. The molecular weight excluding hydrogens is 186 g/mol. The molecule has 1 fully saturated rings. The third-order valence-electron chi connectivity index (χ3n) is 3.10. The number of hydrogen-bond donors (Lipinski definition) is 1. The highest BCUT2D eigenvalue weighted by molar-refractivity contribution is 4.67. The SMILES string of the molecule is CCCCCCCCNCC1CCCO1. The Morgan fingerprint density at radius 1 is 1.13 bits per heavy atom. The monoisotopic (exact) mass is 213 g/mol. The van der Waals surface area contributed by atoms with Crippen LogP contribution in [0.25, 0.3) is 0 Å². The molecule has 1 atom stereocenters. The number of hydrogen-bond acceptors (Lipinski definition) is 2. The first kappa shape index (κ1) is 13.0. The van der Waals surface area contributed by atoms with Gasteiger partial charge in [0.25, 0.3) is 0 Å². The van der Waals surface area contributed by atoms with Crippen LogP contribution in [0.15, 0.2) is 0 Å². The zero-order valence-corrected chi connectivity index (χ0v) is 10.3. The van der Waals surface area contributed by atoms with Crippen LogP contribution in [0.4, 0.5) is 0 Å². The van der Waals surface area contributed by atoms with Crippen molar-refractivity contribution in [1.29, 1.82) is 0 Å².